The van der Waals surface area contributed by atoms with Crippen LogP contribution in [0.25, 0.3) is 11.0 Å². The molecule has 0 fully saturated rings. The van der Waals surface area contributed by atoms with Crippen LogP contribution in [0.3, 0.4) is 0 Å². The van der Waals surface area contributed by atoms with Crippen molar-refractivity contribution in [3.8, 4) is 0 Å². The summed E-state index contributed by atoms with van der Waals surface area (Å²) in [7, 11) is 0. The third kappa shape index (κ3) is 2.46. The lowest BCUT2D eigenvalue weighted by atomic mass is 10.2. The topological polar surface area (TPSA) is 47.3 Å². The molecular formula is C14H12ClN3OS. The molecule has 4 nitrogen and oxygen atoms in total. The van der Waals surface area contributed by atoms with E-state index in [9.17, 15) is 4.79 Å². The van der Waals surface area contributed by atoms with Crippen LogP contribution >= 0.6 is 22.9 Å². The largest absolute Gasteiger partial charge is 0.291 e. The Kier molecular flexibility index (Phi) is 3.54. The zero-order valence-electron chi connectivity index (χ0n) is 10.8. The number of thiazole rings is 1. The van der Waals surface area contributed by atoms with Gasteiger partial charge < -0.3 is 0 Å². The second kappa shape index (κ2) is 5.34. The van der Waals surface area contributed by atoms with E-state index in [2.05, 4.69) is 17.0 Å². The Hall–Kier alpha value is -1.72. The van der Waals surface area contributed by atoms with Gasteiger partial charge in [-0.2, -0.15) is 4.52 Å². The first-order valence-corrected chi connectivity index (χ1v) is 7.52. The number of fused-ring (bicyclic) bond motifs is 1. The minimum absolute atomic E-state index is 0.116. The molecule has 0 unspecified atom stereocenters. The molecule has 0 aliphatic heterocycles. The van der Waals surface area contributed by atoms with Gasteiger partial charge in [-0.25, -0.2) is 4.98 Å². The second-order valence-electron chi connectivity index (χ2n) is 4.44. The predicted molar refractivity (Wildman–Crippen MR) is 81.4 cm³/mol. The molecule has 2 aromatic heterocycles. The average molecular weight is 306 g/mol. The summed E-state index contributed by atoms with van der Waals surface area (Å²) >= 11 is 7.20. The van der Waals surface area contributed by atoms with Gasteiger partial charge in [0.2, 0.25) is 4.96 Å². The number of rotatable bonds is 3. The lowest BCUT2D eigenvalue weighted by Crippen LogP contribution is -2.23. The summed E-state index contributed by atoms with van der Waals surface area (Å²) in [5, 5.41) is 4.92. The molecule has 0 saturated carbocycles. The molecule has 0 bridgehead atoms. The van der Waals surface area contributed by atoms with E-state index in [1.165, 1.54) is 15.9 Å². The summed E-state index contributed by atoms with van der Waals surface area (Å²) < 4.78 is 2.02. The monoisotopic (exact) mass is 305 g/mol. The van der Waals surface area contributed by atoms with Crippen molar-refractivity contribution in [3.05, 3.63) is 55.6 Å². The molecule has 6 heteroatoms. The molecule has 3 aromatic rings. The summed E-state index contributed by atoms with van der Waals surface area (Å²) in [6, 6.07) is 7.35. The molecule has 2 heterocycles. The van der Waals surface area contributed by atoms with Crippen LogP contribution in [0.4, 0.5) is 0 Å². The van der Waals surface area contributed by atoms with Crippen molar-refractivity contribution >= 4 is 34.0 Å². The Morgan fingerprint density at radius 3 is 2.75 bits per heavy atom. The Balaban J connectivity index is 2.08. The Bertz CT molecular complexity index is 851. The van der Waals surface area contributed by atoms with E-state index in [1.54, 1.807) is 12.1 Å². The number of halogens is 1. The highest BCUT2D eigenvalue weighted by Crippen LogP contribution is 2.10. The molecule has 0 N–H and O–H groups in total. The molecule has 20 heavy (non-hydrogen) atoms. The minimum atomic E-state index is -0.116. The molecule has 3 rings (SSSR count). The van der Waals surface area contributed by atoms with E-state index < -0.39 is 0 Å². The zero-order valence-corrected chi connectivity index (χ0v) is 12.4. The fourth-order valence-electron chi connectivity index (χ4n) is 1.91. The van der Waals surface area contributed by atoms with Crippen LogP contribution < -0.4 is 10.1 Å². The number of nitrogens with zero attached hydrogens (tertiary/aromatic N) is 3. The van der Waals surface area contributed by atoms with Gasteiger partial charge in [0.05, 0.1) is 4.53 Å². The van der Waals surface area contributed by atoms with E-state index in [4.69, 9.17) is 11.6 Å². The predicted octanol–water partition coefficient (Wildman–Crippen LogP) is 2.30. The standard InChI is InChI=1S/C14H12ClN3OS/c1-2-3-12-16-14-18(17-12)13(19)11(20-14)8-9-4-6-10(15)7-5-9/h4-8H,2-3H2,1H3/b11-8-. The Labute approximate surface area is 124 Å². The van der Waals surface area contributed by atoms with Gasteiger partial charge in [0, 0.05) is 11.4 Å². The normalized spacial score (nSPS) is 12.4. The SMILES string of the molecule is CCCc1nc2s/c(=C\c3ccc(Cl)cc3)c(=O)n2n1. The van der Waals surface area contributed by atoms with Crippen molar-refractivity contribution in [1.82, 2.24) is 14.6 Å². The maximum Gasteiger partial charge on any atom is 0.291 e. The van der Waals surface area contributed by atoms with E-state index in [0.717, 1.165) is 24.2 Å². The molecule has 0 amide bonds. The van der Waals surface area contributed by atoms with E-state index in [-0.39, 0.29) is 5.56 Å². The molecule has 102 valence electrons. The summed E-state index contributed by atoms with van der Waals surface area (Å²) in [6.07, 6.45) is 3.60. The highest BCUT2D eigenvalue weighted by molar-refractivity contribution is 7.15. The molecule has 0 atom stereocenters. The summed E-state index contributed by atoms with van der Waals surface area (Å²) in [4.78, 5) is 17.3. The average Bonchev–Trinajstić information content (AvgIpc) is 2.94. The maximum atomic E-state index is 12.2. The van der Waals surface area contributed by atoms with Gasteiger partial charge in [0.15, 0.2) is 5.82 Å². The third-order valence-corrected chi connectivity index (χ3v) is 4.08. The first kappa shape index (κ1) is 13.3. The maximum absolute atomic E-state index is 12.2. The van der Waals surface area contributed by atoms with Gasteiger partial charge in [-0.1, -0.05) is 42.0 Å². The molecule has 1 aromatic carbocycles. The van der Waals surface area contributed by atoms with Crippen LogP contribution in [-0.2, 0) is 6.42 Å². The lowest BCUT2D eigenvalue weighted by Gasteiger charge is -1.91. The first-order valence-electron chi connectivity index (χ1n) is 6.33. The van der Waals surface area contributed by atoms with Crippen molar-refractivity contribution < 1.29 is 0 Å². The molecule has 0 aliphatic carbocycles. The van der Waals surface area contributed by atoms with Crippen LogP contribution in [0.15, 0.2) is 29.1 Å². The fourth-order valence-corrected chi connectivity index (χ4v) is 2.97. The lowest BCUT2D eigenvalue weighted by molar-refractivity contribution is 0.810. The third-order valence-electron chi connectivity index (χ3n) is 2.87. The zero-order chi connectivity index (χ0) is 14.1. The van der Waals surface area contributed by atoms with E-state index in [1.807, 2.05) is 18.2 Å². The van der Waals surface area contributed by atoms with Gasteiger partial charge in [0.25, 0.3) is 5.56 Å². The van der Waals surface area contributed by atoms with Crippen molar-refractivity contribution in [1.29, 1.82) is 0 Å². The molecule has 0 saturated heterocycles. The first-order chi connectivity index (χ1) is 9.67. The van der Waals surface area contributed by atoms with E-state index in [0.29, 0.717) is 14.5 Å². The minimum Gasteiger partial charge on any atom is -0.266 e. The van der Waals surface area contributed by atoms with Gasteiger partial charge in [-0.15, -0.1) is 5.10 Å². The number of aromatic nitrogens is 3. The van der Waals surface area contributed by atoms with Gasteiger partial charge in [0.1, 0.15) is 0 Å². The van der Waals surface area contributed by atoms with Crippen molar-refractivity contribution in [2.24, 2.45) is 0 Å². The number of hydrogen-bond acceptors (Lipinski definition) is 4. The molecular weight excluding hydrogens is 294 g/mol. The van der Waals surface area contributed by atoms with Crippen LogP contribution in [-0.4, -0.2) is 14.6 Å². The van der Waals surface area contributed by atoms with Crippen molar-refractivity contribution in [2.75, 3.05) is 0 Å². The Morgan fingerprint density at radius 2 is 2.10 bits per heavy atom. The highest BCUT2D eigenvalue weighted by atomic mass is 35.5. The van der Waals surface area contributed by atoms with Crippen molar-refractivity contribution in [3.63, 3.8) is 0 Å². The van der Waals surface area contributed by atoms with Crippen molar-refractivity contribution in [2.45, 2.75) is 19.8 Å². The van der Waals surface area contributed by atoms with Gasteiger partial charge >= 0.3 is 0 Å². The summed E-state index contributed by atoms with van der Waals surface area (Å²) in [5.74, 6) is 0.730. The highest BCUT2D eigenvalue weighted by Gasteiger charge is 2.09. The summed E-state index contributed by atoms with van der Waals surface area (Å²) in [6.45, 7) is 2.06. The van der Waals surface area contributed by atoms with Crippen LogP contribution in [0.2, 0.25) is 5.02 Å². The number of aryl methyl sites for hydroxylation is 1. The smallest absolute Gasteiger partial charge is 0.266 e. The van der Waals surface area contributed by atoms with Crippen LogP contribution in [0, 0.1) is 0 Å². The number of hydrogen-bond donors (Lipinski definition) is 0. The fraction of sp³-hybridized carbons (Fsp3) is 0.214. The van der Waals surface area contributed by atoms with Crippen LogP contribution in [0.1, 0.15) is 24.7 Å². The Morgan fingerprint density at radius 1 is 1.35 bits per heavy atom. The quantitative estimate of drug-likeness (QED) is 0.746. The number of benzene rings is 1. The molecule has 0 spiro atoms. The van der Waals surface area contributed by atoms with Gasteiger partial charge in [-0.05, 0) is 30.2 Å². The van der Waals surface area contributed by atoms with Gasteiger partial charge in [-0.3, -0.25) is 4.79 Å². The van der Waals surface area contributed by atoms with E-state index >= 15 is 0 Å². The molecule has 0 radical (unpaired) electrons. The molecule has 0 aliphatic rings. The summed E-state index contributed by atoms with van der Waals surface area (Å²) in [5.41, 5.74) is 0.819. The second-order valence-corrected chi connectivity index (χ2v) is 5.89. The van der Waals surface area contributed by atoms with Crippen LogP contribution in [0.5, 0.6) is 0 Å².